The van der Waals surface area contributed by atoms with Crippen molar-refractivity contribution in [1.82, 2.24) is 9.62 Å². The molecule has 1 heterocycles. The Morgan fingerprint density at radius 1 is 1.20 bits per heavy atom. The average molecular weight is 391 g/mol. The van der Waals surface area contributed by atoms with Crippen LogP contribution in [-0.4, -0.2) is 37.9 Å². The minimum atomic E-state index is -3.73. The summed E-state index contributed by atoms with van der Waals surface area (Å²) in [5.41, 5.74) is 0.214. The lowest BCUT2D eigenvalue weighted by molar-refractivity contribution is -0.130. The number of amides is 1. The molecule has 1 aliphatic heterocycles. The number of likely N-dealkylation sites (N-methyl/N-ethyl adjacent to an activating group) is 1. The fourth-order valence-electron chi connectivity index (χ4n) is 2.89. The molecule has 0 saturated carbocycles. The highest BCUT2D eigenvalue weighted by Gasteiger charge is 2.43. The lowest BCUT2D eigenvalue weighted by Crippen LogP contribution is -2.42. The molecule has 0 unspecified atom stereocenters. The van der Waals surface area contributed by atoms with Gasteiger partial charge in [0, 0.05) is 19.5 Å². The molecule has 0 bridgehead atoms. The van der Waals surface area contributed by atoms with Gasteiger partial charge in [-0.1, -0.05) is 19.1 Å². The molecule has 140 valence electrons. The van der Waals surface area contributed by atoms with Gasteiger partial charge in [-0.3, -0.25) is 4.79 Å². The molecule has 0 saturated heterocycles. The van der Waals surface area contributed by atoms with E-state index in [1.165, 1.54) is 24.3 Å². The van der Waals surface area contributed by atoms with Gasteiger partial charge in [-0.2, -0.15) is 0 Å². The largest absolute Gasteiger partial charge is 0.339 e. The van der Waals surface area contributed by atoms with Gasteiger partial charge >= 0.3 is 0 Å². The van der Waals surface area contributed by atoms with Crippen LogP contribution in [0.25, 0.3) is 4.91 Å². The van der Waals surface area contributed by atoms with E-state index in [1.807, 2.05) is 6.92 Å². The van der Waals surface area contributed by atoms with Crippen molar-refractivity contribution in [3.05, 3.63) is 41.2 Å². The van der Waals surface area contributed by atoms with Gasteiger partial charge in [-0.05, 0) is 44.0 Å². The Hall–Kier alpha value is -1.44. The SMILES string of the molecule is CCC(=O)N(CC)CC1=C(c2ccc(F)cc2)S(=O)(=O)NC1(C)C.Cl. The van der Waals surface area contributed by atoms with E-state index in [-0.39, 0.29) is 29.8 Å². The molecule has 2 rings (SSSR count). The Morgan fingerprint density at radius 2 is 1.76 bits per heavy atom. The summed E-state index contributed by atoms with van der Waals surface area (Å²) in [6, 6.07) is 5.36. The normalized spacial score (nSPS) is 18.0. The predicted octanol–water partition coefficient (Wildman–Crippen LogP) is 2.93. The monoisotopic (exact) mass is 390 g/mol. The maximum atomic E-state index is 13.2. The van der Waals surface area contributed by atoms with Gasteiger partial charge in [0.05, 0.1) is 10.4 Å². The Bertz CT molecular complexity index is 774. The zero-order valence-electron chi connectivity index (χ0n) is 14.8. The summed E-state index contributed by atoms with van der Waals surface area (Å²) >= 11 is 0. The second-order valence-electron chi connectivity index (χ2n) is 6.31. The van der Waals surface area contributed by atoms with Gasteiger partial charge in [0.25, 0.3) is 0 Å². The molecule has 0 aromatic heterocycles. The van der Waals surface area contributed by atoms with Gasteiger partial charge in [0.15, 0.2) is 0 Å². The number of hydrogen-bond acceptors (Lipinski definition) is 3. The van der Waals surface area contributed by atoms with E-state index < -0.39 is 21.4 Å². The Kier molecular flexibility index (Phi) is 6.78. The van der Waals surface area contributed by atoms with Crippen LogP contribution in [-0.2, 0) is 14.8 Å². The van der Waals surface area contributed by atoms with Gasteiger partial charge in [-0.15, -0.1) is 12.4 Å². The highest BCUT2D eigenvalue weighted by molar-refractivity contribution is 7.99. The second-order valence-corrected chi connectivity index (χ2v) is 7.93. The molecule has 1 aromatic carbocycles. The number of hydrogen-bond donors (Lipinski definition) is 1. The number of carbonyl (C=O) groups is 1. The fourth-order valence-corrected chi connectivity index (χ4v) is 4.87. The molecule has 0 spiro atoms. The Balaban J connectivity index is 0.00000312. The zero-order valence-corrected chi connectivity index (χ0v) is 16.4. The summed E-state index contributed by atoms with van der Waals surface area (Å²) in [5, 5.41) is 0. The molecular weight excluding hydrogens is 367 g/mol. The number of sulfonamides is 1. The molecule has 0 fully saturated rings. The summed E-state index contributed by atoms with van der Waals surface area (Å²) in [6.45, 7) is 7.87. The van der Waals surface area contributed by atoms with Crippen LogP contribution in [0.2, 0.25) is 0 Å². The van der Waals surface area contributed by atoms with E-state index >= 15 is 0 Å². The highest BCUT2D eigenvalue weighted by Crippen LogP contribution is 2.38. The topological polar surface area (TPSA) is 66.5 Å². The second kappa shape index (κ2) is 7.85. The van der Waals surface area contributed by atoms with Crippen molar-refractivity contribution in [1.29, 1.82) is 0 Å². The zero-order chi connectivity index (χ0) is 18.1. The van der Waals surface area contributed by atoms with Crippen LogP contribution in [0.5, 0.6) is 0 Å². The molecule has 1 amide bonds. The van der Waals surface area contributed by atoms with Crippen LogP contribution in [0.15, 0.2) is 29.8 Å². The van der Waals surface area contributed by atoms with Crippen molar-refractivity contribution >= 4 is 33.2 Å². The minimum absolute atomic E-state index is 0. The van der Waals surface area contributed by atoms with Crippen LogP contribution in [0.3, 0.4) is 0 Å². The predicted molar refractivity (Wildman–Crippen MR) is 99.2 cm³/mol. The standard InChI is InChI=1S/C17H23FN2O3S.ClH/c1-5-15(21)20(6-2)11-14-16(12-7-9-13(18)10-8-12)24(22,23)19-17(14,3)4;/h7-10,19H,5-6,11H2,1-4H3;1H. The number of nitrogens with one attached hydrogen (secondary N) is 1. The van der Waals surface area contributed by atoms with Crippen LogP contribution in [0.4, 0.5) is 4.39 Å². The maximum Gasteiger partial charge on any atom is 0.242 e. The summed E-state index contributed by atoms with van der Waals surface area (Å²) < 4.78 is 41.1. The third kappa shape index (κ3) is 4.40. The first kappa shape index (κ1) is 21.6. The third-order valence-corrected chi connectivity index (χ3v) is 5.98. The van der Waals surface area contributed by atoms with Crippen LogP contribution in [0, 0.1) is 5.82 Å². The van der Waals surface area contributed by atoms with Crippen LogP contribution in [0.1, 0.15) is 39.7 Å². The number of halogens is 2. The molecule has 1 N–H and O–H groups in total. The van der Waals surface area contributed by atoms with E-state index in [0.29, 0.717) is 24.1 Å². The highest BCUT2D eigenvalue weighted by atomic mass is 35.5. The molecule has 1 aromatic rings. The van der Waals surface area contributed by atoms with Crippen molar-refractivity contribution in [2.45, 2.75) is 39.7 Å². The van der Waals surface area contributed by atoms with E-state index in [0.717, 1.165) is 0 Å². The first-order valence-corrected chi connectivity index (χ1v) is 9.42. The van der Waals surface area contributed by atoms with Crippen molar-refractivity contribution < 1.29 is 17.6 Å². The molecule has 0 aliphatic carbocycles. The van der Waals surface area contributed by atoms with Crippen molar-refractivity contribution in [3.63, 3.8) is 0 Å². The summed E-state index contributed by atoms with van der Waals surface area (Å²) in [5.74, 6) is -0.469. The van der Waals surface area contributed by atoms with Crippen molar-refractivity contribution in [3.8, 4) is 0 Å². The van der Waals surface area contributed by atoms with Crippen LogP contribution >= 0.6 is 12.4 Å². The van der Waals surface area contributed by atoms with Crippen molar-refractivity contribution in [2.24, 2.45) is 0 Å². The minimum Gasteiger partial charge on any atom is -0.339 e. The first-order valence-electron chi connectivity index (χ1n) is 7.93. The molecule has 5 nitrogen and oxygen atoms in total. The molecule has 0 atom stereocenters. The fraction of sp³-hybridized carbons (Fsp3) is 0.471. The van der Waals surface area contributed by atoms with Gasteiger partial charge in [0.2, 0.25) is 15.9 Å². The van der Waals surface area contributed by atoms with Crippen molar-refractivity contribution in [2.75, 3.05) is 13.1 Å². The van der Waals surface area contributed by atoms with E-state index in [9.17, 15) is 17.6 Å². The lowest BCUT2D eigenvalue weighted by Gasteiger charge is -2.28. The Labute approximate surface area is 154 Å². The number of rotatable bonds is 5. The Morgan fingerprint density at radius 3 is 2.24 bits per heavy atom. The summed E-state index contributed by atoms with van der Waals surface area (Å²) in [6.07, 6.45) is 0.355. The maximum absolute atomic E-state index is 13.2. The van der Waals surface area contributed by atoms with E-state index in [1.54, 1.807) is 25.7 Å². The van der Waals surface area contributed by atoms with Gasteiger partial charge < -0.3 is 4.90 Å². The molecule has 25 heavy (non-hydrogen) atoms. The lowest BCUT2D eigenvalue weighted by atomic mass is 9.92. The first-order chi connectivity index (χ1) is 11.1. The average Bonchev–Trinajstić information content (AvgIpc) is 2.68. The van der Waals surface area contributed by atoms with E-state index in [2.05, 4.69) is 4.72 Å². The molecular formula is C17H24ClFN2O3S. The molecule has 1 aliphatic rings. The number of benzene rings is 1. The summed E-state index contributed by atoms with van der Waals surface area (Å²) in [4.78, 5) is 13.8. The molecule has 0 radical (unpaired) electrons. The van der Waals surface area contributed by atoms with Gasteiger partial charge in [0.1, 0.15) is 5.82 Å². The third-order valence-electron chi connectivity index (χ3n) is 4.18. The van der Waals surface area contributed by atoms with Crippen LogP contribution < -0.4 is 4.72 Å². The quantitative estimate of drug-likeness (QED) is 0.840. The smallest absolute Gasteiger partial charge is 0.242 e. The summed E-state index contributed by atoms with van der Waals surface area (Å²) in [7, 11) is -3.73. The number of nitrogens with zero attached hydrogens (tertiary/aromatic N) is 1. The van der Waals surface area contributed by atoms with Gasteiger partial charge in [-0.25, -0.2) is 17.5 Å². The van der Waals surface area contributed by atoms with E-state index in [4.69, 9.17) is 0 Å². The molecule has 8 heteroatoms. The number of carbonyl (C=O) groups excluding carboxylic acids is 1.